The minimum Gasteiger partial charge on any atom is -0.486 e. The quantitative estimate of drug-likeness (QED) is 0.818. The lowest BCUT2D eigenvalue weighted by molar-refractivity contribution is 0.186. The topological polar surface area (TPSA) is 69.7 Å². The van der Waals surface area contributed by atoms with Crippen molar-refractivity contribution in [1.29, 1.82) is 0 Å². The fourth-order valence-corrected chi connectivity index (χ4v) is 3.66. The van der Waals surface area contributed by atoms with Gasteiger partial charge in [0.05, 0.1) is 23.8 Å². The van der Waals surface area contributed by atoms with Crippen molar-refractivity contribution in [3.63, 3.8) is 0 Å². The van der Waals surface area contributed by atoms with Crippen molar-refractivity contribution < 1.29 is 9.53 Å². The van der Waals surface area contributed by atoms with Gasteiger partial charge in [0.1, 0.15) is 12.4 Å². The molecule has 0 bridgehead atoms. The minimum absolute atomic E-state index is 0.000744. The van der Waals surface area contributed by atoms with Crippen molar-refractivity contribution in [3.8, 4) is 5.75 Å². The third-order valence-electron chi connectivity index (χ3n) is 4.89. The summed E-state index contributed by atoms with van der Waals surface area (Å²) in [7, 11) is 0. The Morgan fingerprint density at radius 2 is 2.11 bits per heavy atom. The summed E-state index contributed by atoms with van der Waals surface area (Å²) in [5.74, 6) is 0.623. The van der Waals surface area contributed by atoms with E-state index >= 15 is 0 Å². The number of hydrogen-bond donors (Lipinski definition) is 2. The molecule has 0 saturated carbocycles. The van der Waals surface area contributed by atoms with Crippen LogP contribution in [0.1, 0.15) is 25.0 Å². The van der Waals surface area contributed by atoms with Crippen molar-refractivity contribution >= 4 is 34.2 Å². The minimum atomic E-state index is 0.000744. The van der Waals surface area contributed by atoms with Crippen molar-refractivity contribution in [3.05, 3.63) is 41.1 Å². The van der Waals surface area contributed by atoms with Gasteiger partial charge in [-0.3, -0.25) is 4.99 Å². The number of amides is 2. The average Bonchev–Trinajstić information content (AvgIpc) is 3.34. The predicted molar refractivity (Wildman–Crippen MR) is 108 cm³/mol. The SMILES string of the molecule is O=C(NCc1cc2cc(Cl)c(OCC3=NCC=C3)cc2[nH]1)N1CCCCC1. The van der Waals surface area contributed by atoms with Gasteiger partial charge in [0, 0.05) is 35.8 Å². The number of piperidine rings is 1. The normalized spacial score (nSPS) is 16.6. The molecule has 0 aliphatic carbocycles. The Bertz CT molecular complexity index is 897. The largest absolute Gasteiger partial charge is 0.486 e. The molecule has 142 valence electrons. The summed E-state index contributed by atoms with van der Waals surface area (Å²) in [5.41, 5.74) is 2.78. The number of carbonyl (C=O) groups is 1. The van der Waals surface area contributed by atoms with Crippen molar-refractivity contribution in [1.82, 2.24) is 15.2 Å². The summed E-state index contributed by atoms with van der Waals surface area (Å²) in [4.78, 5) is 21.8. The molecule has 2 aromatic rings. The third-order valence-corrected chi connectivity index (χ3v) is 5.18. The summed E-state index contributed by atoms with van der Waals surface area (Å²) in [6.45, 7) is 3.26. The van der Waals surface area contributed by atoms with Crippen LogP contribution in [0.15, 0.2) is 35.3 Å². The van der Waals surface area contributed by atoms with Gasteiger partial charge in [0.2, 0.25) is 0 Å². The molecule has 2 aliphatic rings. The molecule has 2 amide bonds. The summed E-state index contributed by atoms with van der Waals surface area (Å²) < 4.78 is 5.81. The molecule has 1 aromatic carbocycles. The van der Waals surface area contributed by atoms with E-state index in [1.165, 1.54) is 6.42 Å². The lowest BCUT2D eigenvalue weighted by atomic mass is 10.1. The van der Waals surface area contributed by atoms with Crippen LogP contribution in [-0.2, 0) is 6.54 Å². The van der Waals surface area contributed by atoms with E-state index in [0.29, 0.717) is 30.5 Å². The first-order valence-electron chi connectivity index (χ1n) is 9.35. The Morgan fingerprint density at radius 3 is 2.89 bits per heavy atom. The van der Waals surface area contributed by atoms with Crippen molar-refractivity contribution in [2.45, 2.75) is 25.8 Å². The molecular formula is C20H23ClN4O2. The number of nitrogens with one attached hydrogen (secondary N) is 2. The Hall–Kier alpha value is -2.47. The fourth-order valence-electron chi connectivity index (χ4n) is 3.44. The van der Waals surface area contributed by atoms with Gasteiger partial charge < -0.3 is 19.9 Å². The third kappa shape index (κ3) is 4.27. The molecule has 2 aliphatic heterocycles. The molecule has 1 fully saturated rings. The lowest BCUT2D eigenvalue weighted by Crippen LogP contribution is -2.42. The number of aromatic nitrogens is 1. The van der Waals surface area contributed by atoms with Gasteiger partial charge in [-0.15, -0.1) is 0 Å². The van der Waals surface area contributed by atoms with E-state index in [-0.39, 0.29) is 6.03 Å². The second-order valence-electron chi connectivity index (χ2n) is 6.89. The highest BCUT2D eigenvalue weighted by molar-refractivity contribution is 6.32. The average molecular weight is 387 g/mol. The van der Waals surface area contributed by atoms with E-state index in [4.69, 9.17) is 16.3 Å². The number of halogens is 1. The second kappa shape index (κ2) is 8.05. The van der Waals surface area contributed by atoms with Crippen LogP contribution in [0.2, 0.25) is 5.02 Å². The molecule has 1 aromatic heterocycles. The molecule has 27 heavy (non-hydrogen) atoms. The maximum Gasteiger partial charge on any atom is 0.317 e. The van der Waals surface area contributed by atoms with E-state index in [2.05, 4.69) is 15.3 Å². The van der Waals surface area contributed by atoms with E-state index in [1.807, 2.05) is 35.3 Å². The number of rotatable bonds is 5. The lowest BCUT2D eigenvalue weighted by Gasteiger charge is -2.26. The molecule has 0 radical (unpaired) electrons. The molecule has 0 atom stereocenters. The molecule has 7 heteroatoms. The van der Waals surface area contributed by atoms with E-state index < -0.39 is 0 Å². The van der Waals surface area contributed by atoms with E-state index in [9.17, 15) is 4.79 Å². The standard InChI is InChI=1S/C20H23ClN4O2/c21-17-10-14-9-16(12-23-20(26)25-7-2-1-3-8-25)24-18(14)11-19(17)27-13-15-5-4-6-22-15/h4-5,9-11,24H,1-3,6-8,12-13H2,(H,23,26). The van der Waals surface area contributed by atoms with Crippen molar-refractivity contribution in [2.75, 3.05) is 26.2 Å². The van der Waals surface area contributed by atoms with Gasteiger partial charge in [-0.25, -0.2) is 4.79 Å². The molecule has 6 nitrogen and oxygen atoms in total. The van der Waals surface area contributed by atoms with Gasteiger partial charge >= 0.3 is 6.03 Å². The maximum atomic E-state index is 12.2. The van der Waals surface area contributed by atoms with Crippen LogP contribution < -0.4 is 10.1 Å². The molecular weight excluding hydrogens is 364 g/mol. The Morgan fingerprint density at radius 1 is 1.26 bits per heavy atom. The van der Waals surface area contributed by atoms with Gasteiger partial charge in [0.25, 0.3) is 0 Å². The summed E-state index contributed by atoms with van der Waals surface area (Å²) in [6.07, 6.45) is 7.34. The van der Waals surface area contributed by atoms with Crippen molar-refractivity contribution in [2.24, 2.45) is 4.99 Å². The highest BCUT2D eigenvalue weighted by Gasteiger charge is 2.16. The van der Waals surface area contributed by atoms with Crippen LogP contribution in [0.4, 0.5) is 4.79 Å². The van der Waals surface area contributed by atoms with Gasteiger partial charge in [0.15, 0.2) is 0 Å². The summed E-state index contributed by atoms with van der Waals surface area (Å²) in [5, 5.41) is 4.55. The van der Waals surface area contributed by atoms with Crippen LogP contribution in [0, 0.1) is 0 Å². The number of urea groups is 1. The number of aliphatic imine (C=N–C) groups is 1. The Kier molecular flexibility index (Phi) is 5.34. The Balaban J connectivity index is 1.40. The first kappa shape index (κ1) is 17.9. The monoisotopic (exact) mass is 386 g/mol. The first-order valence-corrected chi connectivity index (χ1v) is 9.73. The van der Waals surface area contributed by atoms with Crippen LogP contribution in [0.3, 0.4) is 0 Å². The molecule has 0 unspecified atom stereocenters. The van der Waals surface area contributed by atoms with Crippen LogP contribution >= 0.6 is 11.6 Å². The number of aromatic amines is 1. The highest BCUT2D eigenvalue weighted by atomic mass is 35.5. The summed E-state index contributed by atoms with van der Waals surface area (Å²) in [6, 6.07) is 5.78. The van der Waals surface area contributed by atoms with Gasteiger partial charge in [-0.2, -0.15) is 0 Å². The zero-order valence-corrected chi connectivity index (χ0v) is 15.9. The fraction of sp³-hybridized carbons (Fsp3) is 0.400. The number of nitrogens with zero attached hydrogens (tertiary/aromatic N) is 2. The van der Waals surface area contributed by atoms with E-state index in [0.717, 1.165) is 48.2 Å². The molecule has 3 heterocycles. The number of hydrogen-bond acceptors (Lipinski definition) is 3. The predicted octanol–water partition coefficient (Wildman–Crippen LogP) is 3.91. The van der Waals surface area contributed by atoms with Gasteiger partial charge in [-0.05, 0) is 37.5 Å². The highest BCUT2D eigenvalue weighted by Crippen LogP contribution is 2.30. The Labute approximate surface area is 163 Å². The molecule has 0 spiro atoms. The molecule has 4 rings (SSSR count). The zero-order valence-electron chi connectivity index (χ0n) is 15.1. The number of H-pyrrole nitrogens is 1. The van der Waals surface area contributed by atoms with Crippen LogP contribution in [0.25, 0.3) is 10.9 Å². The zero-order chi connectivity index (χ0) is 18.6. The maximum absolute atomic E-state index is 12.2. The summed E-state index contributed by atoms with van der Waals surface area (Å²) >= 11 is 6.35. The van der Waals surface area contributed by atoms with E-state index in [1.54, 1.807) is 0 Å². The molecule has 2 N–H and O–H groups in total. The number of carbonyl (C=O) groups excluding carboxylic acids is 1. The number of fused-ring (bicyclic) bond motifs is 1. The number of ether oxygens (including phenoxy) is 1. The smallest absolute Gasteiger partial charge is 0.317 e. The first-order chi connectivity index (χ1) is 13.2. The molecule has 1 saturated heterocycles. The van der Waals surface area contributed by atoms with Crippen LogP contribution in [0.5, 0.6) is 5.75 Å². The van der Waals surface area contributed by atoms with Gasteiger partial charge in [-0.1, -0.05) is 17.7 Å². The number of likely N-dealkylation sites (tertiary alicyclic amines) is 1. The number of benzene rings is 1. The second-order valence-corrected chi connectivity index (χ2v) is 7.30. The van der Waals surface area contributed by atoms with Crippen LogP contribution in [-0.4, -0.2) is 47.9 Å².